The molecule has 0 amide bonds. The number of imidazole rings is 1. The summed E-state index contributed by atoms with van der Waals surface area (Å²) >= 11 is 5.81. The molecule has 1 N–H and O–H groups in total. The van der Waals surface area contributed by atoms with Crippen molar-refractivity contribution < 1.29 is 4.39 Å². The Bertz CT molecular complexity index is 760. The van der Waals surface area contributed by atoms with Crippen molar-refractivity contribution in [3.8, 4) is 11.5 Å². The normalized spacial score (nSPS) is 10.9. The molecule has 0 radical (unpaired) electrons. The second-order valence-corrected chi connectivity index (χ2v) is 4.08. The SMILES string of the molecule is [O-]Nc1cnc(-c2cnc3ccc(F)cn23)nc1Cl. The molecule has 3 heterocycles. The molecule has 0 unspecified atom stereocenters. The van der Waals surface area contributed by atoms with Crippen molar-refractivity contribution in [2.45, 2.75) is 0 Å². The van der Waals surface area contributed by atoms with E-state index in [0.29, 0.717) is 11.3 Å². The second-order valence-electron chi connectivity index (χ2n) is 3.72. The van der Waals surface area contributed by atoms with Gasteiger partial charge in [0.25, 0.3) is 0 Å². The highest BCUT2D eigenvalue weighted by atomic mass is 35.5. The highest BCUT2D eigenvalue weighted by Crippen LogP contribution is 2.23. The Balaban J connectivity index is 2.18. The Morgan fingerprint density at radius 3 is 2.84 bits per heavy atom. The van der Waals surface area contributed by atoms with E-state index in [1.54, 1.807) is 5.48 Å². The molecule has 0 saturated carbocycles. The van der Waals surface area contributed by atoms with Crippen LogP contribution in [0.4, 0.5) is 10.1 Å². The van der Waals surface area contributed by atoms with E-state index >= 15 is 0 Å². The molecule has 0 fully saturated rings. The van der Waals surface area contributed by atoms with Crippen LogP contribution in [0.25, 0.3) is 17.2 Å². The molecule has 8 heteroatoms. The first-order valence-corrected chi connectivity index (χ1v) is 5.60. The highest BCUT2D eigenvalue weighted by Gasteiger charge is 2.11. The Hall–Kier alpha value is -2.25. The van der Waals surface area contributed by atoms with Crippen LogP contribution in [0.5, 0.6) is 0 Å². The number of halogens is 2. The van der Waals surface area contributed by atoms with Gasteiger partial charge in [-0.1, -0.05) is 11.6 Å². The topological polar surface area (TPSA) is 78.2 Å². The Kier molecular flexibility index (Phi) is 2.77. The zero-order valence-electron chi connectivity index (χ0n) is 9.34. The van der Waals surface area contributed by atoms with Crippen molar-refractivity contribution in [1.82, 2.24) is 19.4 Å². The first-order valence-electron chi connectivity index (χ1n) is 5.23. The molecule has 6 nitrogen and oxygen atoms in total. The summed E-state index contributed by atoms with van der Waals surface area (Å²) in [5.41, 5.74) is 2.74. The molecule has 0 saturated heterocycles. The lowest BCUT2D eigenvalue weighted by Crippen LogP contribution is -1.97. The third kappa shape index (κ3) is 1.98. The van der Waals surface area contributed by atoms with Crippen molar-refractivity contribution in [2.75, 3.05) is 5.48 Å². The van der Waals surface area contributed by atoms with E-state index < -0.39 is 5.82 Å². The molecule has 3 rings (SSSR count). The summed E-state index contributed by atoms with van der Waals surface area (Å²) in [6.45, 7) is 0. The van der Waals surface area contributed by atoms with Crippen molar-refractivity contribution in [3.63, 3.8) is 0 Å². The molecule has 0 aromatic carbocycles. The number of nitrogens with one attached hydrogen (secondary N) is 1. The van der Waals surface area contributed by atoms with Crippen LogP contribution in [-0.2, 0) is 0 Å². The van der Waals surface area contributed by atoms with Crippen LogP contribution in [-0.4, -0.2) is 19.4 Å². The summed E-state index contributed by atoms with van der Waals surface area (Å²) in [5, 5.41) is 10.5. The number of hydrogen-bond acceptors (Lipinski definition) is 5. The number of fused-ring (bicyclic) bond motifs is 1. The predicted octanol–water partition coefficient (Wildman–Crippen LogP) is 2.49. The molecule has 0 bridgehead atoms. The van der Waals surface area contributed by atoms with Gasteiger partial charge in [0, 0.05) is 6.20 Å². The maximum atomic E-state index is 13.2. The fourth-order valence-corrected chi connectivity index (χ4v) is 1.84. The van der Waals surface area contributed by atoms with Gasteiger partial charge in [0.2, 0.25) is 0 Å². The van der Waals surface area contributed by atoms with Crippen LogP contribution in [0.15, 0.2) is 30.7 Å². The van der Waals surface area contributed by atoms with E-state index in [1.807, 2.05) is 0 Å². The molecule has 3 aromatic rings. The Morgan fingerprint density at radius 2 is 2.11 bits per heavy atom. The van der Waals surface area contributed by atoms with Crippen LogP contribution in [0.1, 0.15) is 0 Å². The van der Waals surface area contributed by atoms with Gasteiger partial charge < -0.3 is 10.7 Å². The average Bonchev–Trinajstić information content (AvgIpc) is 2.81. The van der Waals surface area contributed by atoms with Gasteiger partial charge in [-0.2, -0.15) is 0 Å². The first-order chi connectivity index (χ1) is 9.19. The van der Waals surface area contributed by atoms with Crippen LogP contribution in [0.3, 0.4) is 0 Å². The minimum absolute atomic E-state index is 0.00801. The van der Waals surface area contributed by atoms with Gasteiger partial charge in [0.1, 0.15) is 17.2 Å². The fourth-order valence-electron chi connectivity index (χ4n) is 1.67. The van der Waals surface area contributed by atoms with Gasteiger partial charge in [-0.05, 0) is 12.1 Å². The van der Waals surface area contributed by atoms with Crippen LogP contribution >= 0.6 is 11.6 Å². The smallest absolute Gasteiger partial charge is 0.179 e. The van der Waals surface area contributed by atoms with Crippen LogP contribution in [0, 0.1) is 11.0 Å². The predicted molar refractivity (Wildman–Crippen MR) is 68.2 cm³/mol. The number of hydrogen-bond donors (Lipinski definition) is 1. The number of nitrogens with zero attached hydrogens (tertiary/aromatic N) is 4. The highest BCUT2D eigenvalue weighted by molar-refractivity contribution is 6.32. The molecule has 96 valence electrons. The number of anilines is 1. The largest absolute Gasteiger partial charge is 0.761 e. The zero-order chi connectivity index (χ0) is 13.4. The van der Waals surface area contributed by atoms with E-state index in [2.05, 4.69) is 15.0 Å². The summed E-state index contributed by atoms with van der Waals surface area (Å²) in [6, 6.07) is 2.85. The van der Waals surface area contributed by atoms with Crippen molar-refractivity contribution in [1.29, 1.82) is 0 Å². The lowest BCUT2D eigenvalue weighted by atomic mass is 10.4. The molecule has 0 aliphatic carbocycles. The molecule has 0 aliphatic rings. The van der Waals surface area contributed by atoms with E-state index in [1.165, 1.54) is 35.1 Å². The summed E-state index contributed by atoms with van der Waals surface area (Å²) in [6.07, 6.45) is 4.04. The molecular formula is C11H6ClFN5O-. The van der Waals surface area contributed by atoms with Gasteiger partial charge in [-0.3, -0.25) is 4.40 Å². The summed E-state index contributed by atoms with van der Waals surface area (Å²) in [7, 11) is 0. The van der Waals surface area contributed by atoms with Crippen molar-refractivity contribution >= 4 is 22.9 Å². The number of aromatic nitrogens is 4. The minimum Gasteiger partial charge on any atom is -0.761 e. The Labute approximate surface area is 111 Å². The summed E-state index contributed by atoms with van der Waals surface area (Å²) < 4.78 is 14.7. The molecule has 3 aromatic heterocycles. The van der Waals surface area contributed by atoms with Gasteiger partial charge in [0.05, 0.1) is 18.1 Å². The van der Waals surface area contributed by atoms with Crippen LogP contribution < -0.4 is 5.48 Å². The standard InChI is InChI=1S/C11H6ClFN5O/c12-10-7(17-19)3-15-11(16-10)8-4-14-9-2-1-6(13)5-18(8)9/h1-5,17H/q-1. The van der Waals surface area contributed by atoms with Gasteiger partial charge in [-0.15, -0.1) is 0 Å². The zero-order valence-corrected chi connectivity index (χ0v) is 10.1. The minimum atomic E-state index is -0.407. The van der Waals surface area contributed by atoms with Gasteiger partial charge >= 0.3 is 0 Å². The lowest BCUT2D eigenvalue weighted by Gasteiger charge is -2.10. The van der Waals surface area contributed by atoms with Crippen molar-refractivity contribution in [3.05, 3.63) is 46.9 Å². The lowest BCUT2D eigenvalue weighted by molar-refractivity contribution is 0.619. The average molecular weight is 279 g/mol. The third-order valence-electron chi connectivity index (χ3n) is 2.55. The molecule has 0 aliphatic heterocycles. The number of rotatable bonds is 2. The fraction of sp³-hybridized carbons (Fsp3) is 0. The first kappa shape index (κ1) is 11.8. The van der Waals surface area contributed by atoms with Crippen molar-refractivity contribution in [2.24, 2.45) is 0 Å². The van der Waals surface area contributed by atoms with E-state index in [-0.39, 0.29) is 16.7 Å². The van der Waals surface area contributed by atoms with Crippen LogP contribution in [0.2, 0.25) is 5.15 Å². The van der Waals surface area contributed by atoms with E-state index in [4.69, 9.17) is 11.6 Å². The monoisotopic (exact) mass is 278 g/mol. The number of pyridine rings is 1. The molecular weight excluding hydrogens is 273 g/mol. The van der Waals surface area contributed by atoms with Gasteiger partial charge in [0.15, 0.2) is 11.0 Å². The third-order valence-corrected chi connectivity index (χ3v) is 2.84. The molecule has 0 atom stereocenters. The molecule has 0 spiro atoms. The summed E-state index contributed by atoms with van der Waals surface area (Å²) in [5.74, 6) is -0.155. The van der Waals surface area contributed by atoms with E-state index in [0.717, 1.165) is 0 Å². The van der Waals surface area contributed by atoms with E-state index in [9.17, 15) is 9.60 Å². The summed E-state index contributed by atoms with van der Waals surface area (Å²) in [4.78, 5) is 12.1. The molecule has 19 heavy (non-hydrogen) atoms. The quantitative estimate of drug-likeness (QED) is 0.575. The Morgan fingerprint density at radius 1 is 1.26 bits per heavy atom. The maximum Gasteiger partial charge on any atom is 0.179 e. The second kappa shape index (κ2) is 4.45. The maximum absolute atomic E-state index is 13.2. The van der Waals surface area contributed by atoms with Gasteiger partial charge in [-0.25, -0.2) is 19.3 Å².